The molecule has 0 bridgehead atoms. The molecule has 5 heteroatoms. The average molecular weight is 383 g/mol. The monoisotopic (exact) mass is 382 g/mol. The first-order valence-corrected chi connectivity index (χ1v) is 10.3. The second kappa shape index (κ2) is 9.18. The Kier molecular flexibility index (Phi) is 7.17. The molecule has 0 amide bonds. The van der Waals surface area contributed by atoms with Gasteiger partial charge in [-0.1, -0.05) is 34.6 Å². The summed E-state index contributed by atoms with van der Waals surface area (Å²) in [6, 6.07) is 4.49. The lowest BCUT2D eigenvalue weighted by atomic mass is 10.1. The molecule has 3 aromatic heterocycles. The molecule has 3 heterocycles. The van der Waals surface area contributed by atoms with Gasteiger partial charge in [-0.05, 0) is 50.8 Å². The second-order valence-corrected chi connectivity index (χ2v) is 7.25. The van der Waals surface area contributed by atoms with Crippen LogP contribution in [-0.4, -0.2) is 26.6 Å². The molecule has 0 aliphatic rings. The van der Waals surface area contributed by atoms with Gasteiger partial charge in [-0.15, -0.1) is 0 Å². The third-order valence-corrected chi connectivity index (χ3v) is 4.99. The van der Waals surface area contributed by atoms with Crippen molar-refractivity contribution in [2.24, 2.45) is 0 Å². The molecule has 3 aromatic rings. The summed E-state index contributed by atoms with van der Waals surface area (Å²) >= 11 is 0. The van der Waals surface area contributed by atoms with Gasteiger partial charge in [0.2, 0.25) is 5.88 Å². The lowest BCUT2D eigenvalue weighted by Gasteiger charge is -2.14. The minimum absolute atomic E-state index is 0.347. The lowest BCUT2D eigenvalue weighted by molar-refractivity contribution is 0.397. The topological polar surface area (TPSA) is 52.8 Å². The molecule has 0 aliphatic carbocycles. The minimum atomic E-state index is 0.347. The van der Waals surface area contributed by atoms with E-state index >= 15 is 0 Å². The number of hydrogen-bond donors (Lipinski definition) is 0. The number of fused-ring (bicyclic) bond motifs is 1. The van der Waals surface area contributed by atoms with Crippen molar-refractivity contribution in [3.8, 4) is 17.1 Å². The smallest absolute Gasteiger partial charge is 0.222 e. The molecule has 0 aliphatic heterocycles. The summed E-state index contributed by atoms with van der Waals surface area (Å²) in [5.41, 5.74) is 6.65. The van der Waals surface area contributed by atoms with Crippen LogP contribution in [0.15, 0.2) is 18.3 Å². The summed E-state index contributed by atoms with van der Waals surface area (Å²) in [5.74, 6) is 0.950. The van der Waals surface area contributed by atoms with Gasteiger partial charge in [-0.2, -0.15) is 0 Å². The number of aryl methyl sites for hydroxylation is 2. The molecule has 28 heavy (non-hydrogen) atoms. The Morgan fingerprint density at radius 3 is 2.29 bits per heavy atom. The lowest BCUT2D eigenvalue weighted by Crippen LogP contribution is -2.05. The van der Waals surface area contributed by atoms with Crippen LogP contribution < -0.4 is 4.74 Å². The van der Waals surface area contributed by atoms with Crippen molar-refractivity contribution in [3.05, 3.63) is 35.3 Å². The molecule has 0 fully saturated rings. The van der Waals surface area contributed by atoms with Crippen LogP contribution in [0.1, 0.15) is 76.9 Å². The molecule has 1 unspecified atom stereocenters. The average Bonchev–Trinajstić information content (AvgIpc) is 3.03. The van der Waals surface area contributed by atoms with E-state index in [-0.39, 0.29) is 0 Å². The molecule has 0 N–H and O–H groups in total. The number of rotatable bonds is 5. The Morgan fingerprint density at radius 2 is 1.71 bits per heavy atom. The zero-order chi connectivity index (χ0) is 21.0. The summed E-state index contributed by atoms with van der Waals surface area (Å²) < 4.78 is 7.79. The van der Waals surface area contributed by atoms with Crippen LogP contribution in [-0.2, 0) is 0 Å². The fourth-order valence-electron chi connectivity index (χ4n) is 3.18. The SMILES string of the molecule is CC.CCC(C)n1cc(C)c2nc(-c3ccc(C(C)C)nc3OC)c(C)nc21. The molecule has 0 saturated heterocycles. The Bertz CT molecular complexity index is 943. The Hall–Kier alpha value is -2.43. The first-order chi connectivity index (χ1) is 13.4. The van der Waals surface area contributed by atoms with Gasteiger partial charge in [0.15, 0.2) is 5.65 Å². The maximum absolute atomic E-state index is 5.56. The standard InChI is InChI=1S/C21H28N4O.C2H6/c1-8-14(5)25-11-13(4)18-20(25)22-15(6)19(24-18)16-9-10-17(12(2)3)23-21(16)26-7;1-2/h9-12,14H,8H2,1-7H3;1-2H3. The molecular weight excluding hydrogens is 348 g/mol. The summed E-state index contributed by atoms with van der Waals surface area (Å²) in [6.45, 7) is 16.7. The largest absolute Gasteiger partial charge is 0.480 e. The van der Waals surface area contributed by atoms with Crippen molar-refractivity contribution >= 4 is 11.2 Å². The molecule has 0 saturated carbocycles. The van der Waals surface area contributed by atoms with Gasteiger partial charge in [0.05, 0.1) is 24.1 Å². The fourth-order valence-corrected chi connectivity index (χ4v) is 3.18. The second-order valence-electron chi connectivity index (χ2n) is 7.25. The van der Waals surface area contributed by atoms with Gasteiger partial charge < -0.3 is 9.30 Å². The molecule has 1 atom stereocenters. The van der Waals surface area contributed by atoms with Crippen molar-refractivity contribution in [2.45, 2.75) is 73.8 Å². The van der Waals surface area contributed by atoms with E-state index in [9.17, 15) is 0 Å². The maximum atomic E-state index is 5.56. The number of nitrogens with zero attached hydrogens (tertiary/aromatic N) is 4. The summed E-state index contributed by atoms with van der Waals surface area (Å²) in [7, 11) is 1.65. The van der Waals surface area contributed by atoms with Crippen LogP contribution in [0.25, 0.3) is 22.4 Å². The number of aromatic nitrogens is 4. The molecule has 0 radical (unpaired) electrons. The van der Waals surface area contributed by atoms with E-state index in [0.29, 0.717) is 17.8 Å². The van der Waals surface area contributed by atoms with Crippen molar-refractivity contribution in [2.75, 3.05) is 7.11 Å². The zero-order valence-corrected chi connectivity index (χ0v) is 18.8. The Labute approximate surface area is 169 Å². The maximum Gasteiger partial charge on any atom is 0.222 e. The van der Waals surface area contributed by atoms with Gasteiger partial charge in [-0.25, -0.2) is 15.0 Å². The van der Waals surface area contributed by atoms with Gasteiger partial charge in [0.25, 0.3) is 0 Å². The normalized spacial score (nSPS) is 12.1. The van der Waals surface area contributed by atoms with E-state index in [0.717, 1.165) is 45.8 Å². The summed E-state index contributed by atoms with van der Waals surface area (Å²) in [6.07, 6.45) is 3.21. The first kappa shape index (κ1) is 21.9. The number of methoxy groups -OCH3 is 1. The van der Waals surface area contributed by atoms with Crippen molar-refractivity contribution in [1.82, 2.24) is 19.5 Å². The van der Waals surface area contributed by atoms with E-state index < -0.39 is 0 Å². The zero-order valence-electron chi connectivity index (χ0n) is 18.8. The Balaban J connectivity index is 0.00000136. The van der Waals surface area contributed by atoms with Gasteiger partial charge >= 0.3 is 0 Å². The van der Waals surface area contributed by atoms with Crippen LogP contribution >= 0.6 is 0 Å². The predicted molar refractivity (Wildman–Crippen MR) is 117 cm³/mol. The number of ether oxygens (including phenoxy) is 1. The predicted octanol–water partition coefficient (Wildman–Crippen LogP) is 6.24. The highest BCUT2D eigenvalue weighted by molar-refractivity contribution is 5.80. The third-order valence-electron chi connectivity index (χ3n) is 4.99. The Morgan fingerprint density at radius 1 is 1.04 bits per heavy atom. The van der Waals surface area contributed by atoms with E-state index in [1.165, 1.54) is 0 Å². The van der Waals surface area contributed by atoms with Crippen LogP contribution in [0.5, 0.6) is 5.88 Å². The number of pyridine rings is 1. The van der Waals surface area contributed by atoms with Crippen molar-refractivity contribution < 1.29 is 4.74 Å². The quantitative estimate of drug-likeness (QED) is 0.524. The van der Waals surface area contributed by atoms with E-state index in [1.54, 1.807) is 7.11 Å². The highest BCUT2D eigenvalue weighted by Crippen LogP contribution is 2.33. The highest BCUT2D eigenvalue weighted by Gasteiger charge is 2.19. The van der Waals surface area contributed by atoms with E-state index in [1.807, 2.05) is 32.9 Å². The molecular formula is C23H34N4O. The molecule has 0 aromatic carbocycles. The van der Waals surface area contributed by atoms with Crippen molar-refractivity contribution in [3.63, 3.8) is 0 Å². The van der Waals surface area contributed by atoms with E-state index in [2.05, 4.69) is 50.4 Å². The van der Waals surface area contributed by atoms with Crippen LogP contribution in [0.2, 0.25) is 0 Å². The van der Waals surface area contributed by atoms with Gasteiger partial charge in [-0.3, -0.25) is 0 Å². The fraction of sp³-hybridized carbons (Fsp3) is 0.522. The van der Waals surface area contributed by atoms with Crippen molar-refractivity contribution in [1.29, 1.82) is 0 Å². The van der Waals surface area contributed by atoms with Gasteiger partial charge in [0, 0.05) is 17.9 Å². The highest BCUT2D eigenvalue weighted by atomic mass is 16.5. The summed E-state index contributed by atoms with van der Waals surface area (Å²) in [5, 5.41) is 0. The molecule has 0 spiro atoms. The molecule has 3 rings (SSSR count). The third kappa shape index (κ3) is 4.03. The van der Waals surface area contributed by atoms with Crippen LogP contribution in [0, 0.1) is 13.8 Å². The van der Waals surface area contributed by atoms with Crippen LogP contribution in [0.3, 0.4) is 0 Å². The van der Waals surface area contributed by atoms with E-state index in [4.69, 9.17) is 14.7 Å². The minimum Gasteiger partial charge on any atom is -0.480 e. The number of hydrogen-bond acceptors (Lipinski definition) is 4. The van der Waals surface area contributed by atoms with Gasteiger partial charge in [0.1, 0.15) is 5.52 Å². The van der Waals surface area contributed by atoms with Crippen LogP contribution in [0.4, 0.5) is 0 Å². The first-order valence-electron chi connectivity index (χ1n) is 10.3. The molecule has 5 nitrogen and oxygen atoms in total. The molecule has 152 valence electrons. The summed E-state index contributed by atoms with van der Waals surface area (Å²) in [4.78, 5) is 14.5.